The molecule has 0 aliphatic rings. The van der Waals surface area contributed by atoms with E-state index >= 15 is 0 Å². The Hall–Kier alpha value is -2.09. The van der Waals surface area contributed by atoms with Crippen molar-refractivity contribution in [3.8, 4) is 5.75 Å². The molecule has 0 aliphatic carbocycles. The van der Waals surface area contributed by atoms with E-state index in [0.29, 0.717) is 47.3 Å². The van der Waals surface area contributed by atoms with Crippen LogP contribution in [0.1, 0.15) is 30.1 Å². The minimum atomic E-state index is -0.382. The molecular formula is C20H22BrClN2O4. The number of rotatable bonds is 9. The molecule has 0 unspecified atom stereocenters. The standard InChI is InChI=1S/C20H22BrClN2O4/c1-3-4-19(25)23-14-6-7-16(22)17(12-14)24-20(26)15-11-13(21)5-8-18(15)28-10-9-27-2/h5-8,11-12H,3-4,9-10H2,1-2H3,(H,23,25)(H,24,26). The van der Waals surface area contributed by atoms with Crippen LogP contribution in [0, 0.1) is 0 Å². The Kier molecular flexibility index (Phi) is 8.76. The highest BCUT2D eigenvalue weighted by atomic mass is 79.9. The van der Waals surface area contributed by atoms with Crippen LogP contribution in [0.2, 0.25) is 5.02 Å². The molecule has 2 aromatic rings. The van der Waals surface area contributed by atoms with Gasteiger partial charge in [-0.05, 0) is 42.8 Å². The van der Waals surface area contributed by atoms with Gasteiger partial charge < -0.3 is 20.1 Å². The maximum Gasteiger partial charge on any atom is 0.259 e. The first kappa shape index (κ1) is 22.2. The van der Waals surface area contributed by atoms with Gasteiger partial charge in [0.15, 0.2) is 0 Å². The molecule has 0 heterocycles. The summed E-state index contributed by atoms with van der Waals surface area (Å²) < 4.78 is 11.3. The fourth-order valence-electron chi connectivity index (χ4n) is 2.38. The van der Waals surface area contributed by atoms with Crippen LogP contribution in [0.4, 0.5) is 11.4 Å². The Labute approximate surface area is 177 Å². The Bertz CT molecular complexity index is 845. The average molecular weight is 470 g/mol. The first-order valence-electron chi connectivity index (χ1n) is 8.76. The largest absolute Gasteiger partial charge is 0.490 e. The average Bonchev–Trinajstić information content (AvgIpc) is 2.66. The minimum absolute atomic E-state index is 0.0945. The number of amides is 2. The lowest BCUT2D eigenvalue weighted by Gasteiger charge is -2.14. The Morgan fingerprint density at radius 1 is 1.11 bits per heavy atom. The van der Waals surface area contributed by atoms with Crippen molar-refractivity contribution in [2.24, 2.45) is 0 Å². The summed E-state index contributed by atoms with van der Waals surface area (Å²) in [5, 5.41) is 5.92. The van der Waals surface area contributed by atoms with Gasteiger partial charge in [-0.3, -0.25) is 9.59 Å². The van der Waals surface area contributed by atoms with E-state index in [0.717, 1.165) is 10.9 Å². The van der Waals surface area contributed by atoms with Crippen molar-refractivity contribution in [2.75, 3.05) is 31.0 Å². The number of hydrogen-bond acceptors (Lipinski definition) is 4. The zero-order valence-corrected chi connectivity index (χ0v) is 18.0. The molecule has 2 amide bonds. The summed E-state index contributed by atoms with van der Waals surface area (Å²) in [6.45, 7) is 2.65. The molecule has 0 saturated carbocycles. The molecule has 2 N–H and O–H groups in total. The first-order chi connectivity index (χ1) is 13.4. The van der Waals surface area contributed by atoms with Gasteiger partial charge in [-0.15, -0.1) is 0 Å². The van der Waals surface area contributed by atoms with Crippen LogP contribution >= 0.6 is 27.5 Å². The van der Waals surface area contributed by atoms with Crippen molar-refractivity contribution in [2.45, 2.75) is 19.8 Å². The quantitative estimate of drug-likeness (QED) is 0.500. The molecule has 2 aromatic carbocycles. The number of anilines is 2. The summed E-state index contributed by atoms with van der Waals surface area (Å²) in [7, 11) is 1.58. The van der Waals surface area contributed by atoms with Gasteiger partial charge in [0.25, 0.3) is 5.91 Å². The highest BCUT2D eigenvalue weighted by Gasteiger charge is 2.16. The van der Waals surface area contributed by atoms with Crippen molar-refractivity contribution in [1.82, 2.24) is 0 Å². The third kappa shape index (κ3) is 6.51. The van der Waals surface area contributed by atoms with Crippen LogP contribution < -0.4 is 15.4 Å². The fraction of sp³-hybridized carbons (Fsp3) is 0.300. The Morgan fingerprint density at radius 2 is 1.89 bits per heavy atom. The van der Waals surface area contributed by atoms with Crippen molar-refractivity contribution in [3.05, 3.63) is 51.5 Å². The van der Waals surface area contributed by atoms with Crippen molar-refractivity contribution < 1.29 is 19.1 Å². The van der Waals surface area contributed by atoms with Crippen molar-refractivity contribution in [3.63, 3.8) is 0 Å². The van der Waals surface area contributed by atoms with E-state index in [1.807, 2.05) is 6.92 Å². The number of carbonyl (C=O) groups is 2. The van der Waals surface area contributed by atoms with E-state index in [9.17, 15) is 9.59 Å². The Morgan fingerprint density at radius 3 is 2.61 bits per heavy atom. The summed E-state index contributed by atoms with van der Waals surface area (Å²) in [6.07, 6.45) is 1.17. The highest BCUT2D eigenvalue weighted by Crippen LogP contribution is 2.29. The van der Waals surface area contributed by atoms with E-state index in [2.05, 4.69) is 26.6 Å². The summed E-state index contributed by atoms with van der Waals surface area (Å²) in [5.41, 5.74) is 1.30. The van der Waals surface area contributed by atoms with E-state index in [-0.39, 0.29) is 11.8 Å². The van der Waals surface area contributed by atoms with Crippen LogP contribution in [0.15, 0.2) is 40.9 Å². The van der Waals surface area contributed by atoms with E-state index < -0.39 is 0 Å². The molecule has 0 spiro atoms. The number of hydrogen-bond donors (Lipinski definition) is 2. The smallest absolute Gasteiger partial charge is 0.259 e. The number of nitrogens with one attached hydrogen (secondary N) is 2. The zero-order valence-electron chi connectivity index (χ0n) is 15.7. The second-order valence-corrected chi connectivity index (χ2v) is 7.25. The second kappa shape index (κ2) is 11.0. The van der Waals surface area contributed by atoms with Crippen LogP contribution in [0.25, 0.3) is 0 Å². The van der Waals surface area contributed by atoms with Crippen molar-refractivity contribution in [1.29, 1.82) is 0 Å². The van der Waals surface area contributed by atoms with Gasteiger partial charge in [-0.2, -0.15) is 0 Å². The van der Waals surface area contributed by atoms with Gasteiger partial charge in [0.2, 0.25) is 5.91 Å². The van der Waals surface area contributed by atoms with Gasteiger partial charge in [0.05, 0.1) is 22.9 Å². The maximum absolute atomic E-state index is 12.8. The molecule has 2 rings (SSSR count). The summed E-state index contributed by atoms with van der Waals surface area (Å²) in [6, 6.07) is 10.1. The van der Waals surface area contributed by atoms with E-state index in [1.165, 1.54) is 0 Å². The van der Waals surface area contributed by atoms with Crippen LogP contribution in [-0.2, 0) is 9.53 Å². The molecule has 6 nitrogen and oxygen atoms in total. The fourth-order valence-corrected chi connectivity index (χ4v) is 2.91. The zero-order chi connectivity index (χ0) is 20.5. The van der Waals surface area contributed by atoms with Crippen molar-refractivity contribution >= 4 is 50.7 Å². The normalized spacial score (nSPS) is 10.4. The minimum Gasteiger partial charge on any atom is -0.490 e. The molecule has 0 aliphatic heterocycles. The summed E-state index contributed by atoms with van der Waals surface area (Å²) >= 11 is 9.58. The summed E-state index contributed by atoms with van der Waals surface area (Å²) in [5.74, 6) is -0.0446. The number of methoxy groups -OCH3 is 1. The van der Waals surface area contributed by atoms with E-state index in [1.54, 1.807) is 43.5 Å². The monoisotopic (exact) mass is 468 g/mol. The Balaban J connectivity index is 2.20. The van der Waals surface area contributed by atoms with Gasteiger partial charge in [-0.1, -0.05) is 34.5 Å². The summed E-state index contributed by atoms with van der Waals surface area (Å²) in [4.78, 5) is 24.6. The number of halogens is 2. The van der Waals surface area contributed by atoms with E-state index in [4.69, 9.17) is 21.1 Å². The highest BCUT2D eigenvalue weighted by molar-refractivity contribution is 9.10. The van der Waals surface area contributed by atoms with Gasteiger partial charge in [0.1, 0.15) is 12.4 Å². The molecule has 0 aromatic heterocycles. The van der Waals surface area contributed by atoms with Crippen LogP contribution in [0.5, 0.6) is 5.75 Å². The number of benzene rings is 2. The molecule has 0 saturated heterocycles. The van der Waals surface area contributed by atoms with Crippen LogP contribution in [0.3, 0.4) is 0 Å². The SMILES string of the molecule is CCCC(=O)Nc1ccc(Cl)c(NC(=O)c2cc(Br)ccc2OCCOC)c1. The van der Waals surface area contributed by atoms with Gasteiger partial charge in [0, 0.05) is 23.7 Å². The lowest BCUT2D eigenvalue weighted by Crippen LogP contribution is -2.16. The maximum atomic E-state index is 12.8. The molecule has 28 heavy (non-hydrogen) atoms. The first-order valence-corrected chi connectivity index (χ1v) is 9.93. The number of ether oxygens (including phenoxy) is 2. The predicted molar refractivity (Wildman–Crippen MR) is 114 cm³/mol. The second-order valence-electron chi connectivity index (χ2n) is 5.93. The predicted octanol–water partition coefficient (Wildman–Crippen LogP) is 5.12. The third-order valence-corrected chi connectivity index (χ3v) is 4.53. The molecule has 150 valence electrons. The number of carbonyl (C=O) groups excluding carboxylic acids is 2. The lowest BCUT2D eigenvalue weighted by molar-refractivity contribution is -0.116. The van der Waals surface area contributed by atoms with Gasteiger partial charge >= 0.3 is 0 Å². The molecule has 8 heteroatoms. The molecular weight excluding hydrogens is 448 g/mol. The van der Waals surface area contributed by atoms with Crippen LogP contribution in [-0.4, -0.2) is 32.1 Å². The molecule has 0 fully saturated rings. The molecule has 0 bridgehead atoms. The van der Waals surface area contributed by atoms with Gasteiger partial charge in [-0.25, -0.2) is 0 Å². The third-order valence-electron chi connectivity index (χ3n) is 3.71. The topological polar surface area (TPSA) is 76.7 Å². The lowest BCUT2D eigenvalue weighted by atomic mass is 10.1. The molecule has 0 radical (unpaired) electrons. The molecule has 0 atom stereocenters.